The first-order valence-electron chi connectivity index (χ1n) is 12.9. The molecule has 1 fully saturated rings. The van der Waals surface area contributed by atoms with Crippen LogP contribution in [0.2, 0.25) is 0 Å². The van der Waals surface area contributed by atoms with Crippen LogP contribution in [0.25, 0.3) is 15.2 Å². The number of hydrogen-bond donors (Lipinski definition) is 1. The van der Waals surface area contributed by atoms with Gasteiger partial charge in [0.1, 0.15) is 33.5 Å². The van der Waals surface area contributed by atoms with Gasteiger partial charge in [-0.1, -0.05) is 11.3 Å². The highest BCUT2D eigenvalue weighted by molar-refractivity contribution is 7.21. The van der Waals surface area contributed by atoms with Crippen LogP contribution in [0.15, 0.2) is 46.2 Å². The van der Waals surface area contributed by atoms with Gasteiger partial charge < -0.3 is 19.5 Å². The molecule has 40 heavy (non-hydrogen) atoms. The van der Waals surface area contributed by atoms with Crippen molar-refractivity contribution in [2.75, 3.05) is 34.0 Å². The zero-order valence-corrected chi connectivity index (χ0v) is 23.2. The van der Waals surface area contributed by atoms with Crippen molar-refractivity contribution < 1.29 is 23.4 Å². The number of nitrogens with one attached hydrogen (secondary N) is 1. The molecule has 5 rings (SSSR count). The van der Waals surface area contributed by atoms with Crippen LogP contribution in [0.1, 0.15) is 36.1 Å². The first-order valence-corrected chi connectivity index (χ1v) is 13.7. The number of carbonyl (C=O) groups is 1. The summed E-state index contributed by atoms with van der Waals surface area (Å²) in [7, 11) is 3.00. The average molecular weight is 572 g/mol. The fourth-order valence-electron chi connectivity index (χ4n) is 5.04. The van der Waals surface area contributed by atoms with Crippen molar-refractivity contribution in [2.45, 2.75) is 38.5 Å². The van der Waals surface area contributed by atoms with Gasteiger partial charge in [0.15, 0.2) is 0 Å². The third-order valence-corrected chi connectivity index (χ3v) is 8.30. The molecule has 4 aromatic rings. The van der Waals surface area contributed by atoms with E-state index in [-0.39, 0.29) is 25.7 Å². The molecule has 212 valence electrons. The first-order chi connectivity index (χ1) is 19.3. The lowest BCUT2D eigenvalue weighted by Gasteiger charge is -2.26. The molecular weight excluding hydrogens is 541 g/mol. The Morgan fingerprint density at radius 1 is 1.23 bits per heavy atom. The monoisotopic (exact) mass is 571 g/mol. The number of aromatic nitrogens is 4. The third-order valence-electron chi connectivity index (χ3n) is 6.99. The fraction of sp³-hybridized carbons (Fsp3) is 0.407. The van der Waals surface area contributed by atoms with Gasteiger partial charge in [0.05, 0.1) is 32.3 Å². The zero-order chi connectivity index (χ0) is 28.4. The molecule has 0 bridgehead atoms. The first kappa shape index (κ1) is 27.7. The molecule has 1 N–H and O–H groups in total. The van der Waals surface area contributed by atoms with E-state index in [1.54, 1.807) is 30.1 Å². The number of carbonyl (C=O) groups excluding carboxylic acids is 1. The maximum atomic E-state index is 14.4. The van der Waals surface area contributed by atoms with Gasteiger partial charge in [-0.2, -0.15) is 5.10 Å². The van der Waals surface area contributed by atoms with Gasteiger partial charge in [0.25, 0.3) is 5.56 Å². The maximum Gasteiger partial charge on any atom is 0.332 e. The topological polar surface area (TPSA) is 119 Å². The Morgan fingerprint density at radius 3 is 2.75 bits per heavy atom. The molecule has 1 amide bonds. The van der Waals surface area contributed by atoms with Crippen molar-refractivity contribution in [2.24, 2.45) is 0 Å². The molecule has 2 atom stereocenters. The molecule has 4 heterocycles. The summed E-state index contributed by atoms with van der Waals surface area (Å²) in [4.78, 5) is 41.2. The minimum atomic E-state index is -0.951. The van der Waals surface area contributed by atoms with Gasteiger partial charge in [-0.15, -0.1) is 0 Å². The fourth-order valence-corrected chi connectivity index (χ4v) is 6.28. The number of thiophene rings is 1. The van der Waals surface area contributed by atoms with Crippen LogP contribution in [-0.2, 0) is 20.8 Å². The molecule has 13 heteroatoms. The Labute approximate surface area is 232 Å². The summed E-state index contributed by atoms with van der Waals surface area (Å²) in [6.07, 6.45) is 3.51. The van der Waals surface area contributed by atoms with Crippen molar-refractivity contribution in [3.8, 4) is 10.8 Å². The summed E-state index contributed by atoms with van der Waals surface area (Å²) in [5.41, 5.74) is -0.158. The zero-order valence-electron chi connectivity index (χ0n) is 22.4. The highest BCUT2D eigenvalue weighted by Gasteiger charge is 2.31. The molecular formula is C27H30FN5O6S. The number of hydrogen-bond acceptors (Lipinski definition) is 8. The molecule has 11 nitrogen and oxygen atoms in total. The molecule has 1 saturated heterocycles. The van der Waals surface area contributed by atoms with Crippen LogP contribution < -0.4 is 21.3 Å². The van der Waals surface area contributed by atoms with E-state index in [4.69, 9.17) is 14.2 Å². The Kier molecular flexibility index (Phi) is 8.14. The highest BCUT2D eigenvalue weighted by Crippen LogP contribution is 2.34. The Morgan fingerprint density at radius 2 is 2.05 bits per heavy atom. The van der Waals surface area contributed by atoms with E-state index in [0.29, 0.717) is 51.5 Å². The largest absolute Gasteiger partial charge is 0.496 e. The summed E-state index contributed by atoms with van der Waals surface area (Å²) in [6.45, 7) is 2.62. The Hall–Kier alpha value is -3.81. The van der Waals surface area contributed by atoms with E-state index >= 15 is 0 Å². The summed E-state index contributed by atoms with van der Waals surface area (Å²) in [5, 5.41) is 8.05. The molecule has 1 aliphatic rings. The van der Waals surface area contributed by atoms with Gasteiger partial charge in [0, 0.05) is 37.2 Å². The number of methoxy groups -OCH3 is 2. The number of amides is 1. The lowest BCUT2D eigenvalue weighted by atomic mass is 10.1. The SMILES string of the molecule is COCCO[C@@H](Cn1c(=O)n([C@@H]2CCCNC2=O)c(=O)c2c(C)c(-n3cccn3)sc21)c1cc(F)ccc1OC. The van der Waals surface area contributed by atoms with Crippen LogP contribution in [-0.4, -0.2) is 58.8 Å². The van der Waals surface area contributed by atoms with Gasteiger partial charge in [-0.3, -0.25) is 14.2 Å². The number of halogens is 1. The average Bonchev–Trinajstić information content (AvgIpc) is 3.59. The van der Waals surface area contributed by atoms with E-state index < -0.39 is 29.2 Å². The number of fused-ring (bicyclic) bond motifs is 1. The van der Waals surface area contributed by atoms with Crippen LogP contribution >= 0.6 is 11.3 Å². The molecule has 1 aromatic carbocycles. The van der Waals surface area contributed by atoms with E-state index in [1.165, 1.54) is 48.3 Å². The quantitative estimate of drug-likeness (QED) is 0.291. The Balaban J connectivity index is 1.75. The van der Waals surface area contributed by atoms with E-state index in [9.17, 15) is 18.8 Å². The highest BCUT2D eigenvalue weighted by atomic mass is 32.1. The predicted molar refractivity (Wildman–Crippen MR) is 147 cm³/mol. The molecule has 3 aromatic heterocycles. The predicted octanol–water partition coefficient (Wildman–Crippen LogP) is 2.72. The number of ether oxygens (including phenoxy) is 3. The Bertz CT molecular complexity index is 1640. The lowest BCUT2D eigenvalue weighted by molar-refractivity contribution is -0.126. The second-order valence-electron chi connectivity index (χ2n) is 9.42. The van der Waals surface area contributed by atoms with E-state index in [1.807, 2.05) is 0 Å². The summed E-state index contributed by atoms with van der Waals surface area (Å²) in [6, 6.07) is 4.89. The molecule has 0 radical (unpaired) electrons. The number of benzene rings is 1. The smallest absolute Gasteiger partial charge is 0.332 e. The van der Waals surface area contributed by atoms with Crippen molar-refractivity contribution in [3.05, 3.63) is 74.4 Å². The number of nitrogens with zero attached hydrogens (tertiary/aromatic N) is 4. The van der Waals surface area contributed by atoms with Gasteiger partial charge >= 0.3 is 5.69 Å². The van der Waals surface area contributed by atoms with E-state index in [2.05, 4.69) is 10.4 Å². The number of piperidine rings is 1. The van der Waals surface area contributed by atoms with Crippen LogP contribution in [0, 0.1) is 12.7 Å². The molecule has 0 spiro atoms. The van der Waals surface area contributed by atoms with Crippen molar-refractivity contribution in [1.82, 2.24) is 24.2 Å². The third kappa shape index (κ3) is 5.07. The second kappa shape index (κ2) is 11.7. The van der Waals surface area contributed by atoms with Crippen molar-refractivity contribution in [3.63, 3.8) is 0 Å². The van der Waals surface area contributed by atoms with Gasteiger partial charge in [-0.25, -0.2) is 18.4 Å². The minimum Gasteiger partial charge on any atom is -0.496 e. The number of aryl methyl sites for hydroxylation is 1. The molecule has 1 aliphatic heterocycles. The summed E-state index contributed by atoms with van der Waals surface area (Å²) in [5.74, 6) is -0.491. The molecule has 0 unspecified atom stereocenters. The summed E-state index contributed by atoms with van der Waals surface area (Å²) < 4.78 is 35.3. The van der Waals surface area contributed by atoms with Gasteiger partial charge in [0.2, 0.25) is 5.91 Å². The maximum absolute atomic E-state index is 14.4. The van der Waals surface area contributed by atoms with Crippen LogP contribution in [0.4, 0.5) is 4.39 Å². The van der Waals surface area contributed by atoms with Crippen molar-refractivity contribution >= 4 is 27.5 Å². The molecule has 0 saturated carbocycles. The van der Waals surface area contributed by atoms with E-state index in [0.717, 1.165) is 4.57 Å². The van der Waals surface area contributed by atoms with Crippen LogP contribution in [0.5, 0.6) is 5.75 Å². The second-order valence-corrected chi connectivity index (χ2v) is 10.4. The lowest BCUT2D eigenvalue weighted by Crippen LogP contribution is -2.49. The minimum absolute atomic E-state index is 0.0774. The van der Waals surface area contributed by atoms with Crippen LogP contribution in [0.3, 0.4) is 0 Å². The standard InChI is InChI=1S/C27H30FN5O6S/c1-16-22-24(35)33(19-6-4-9-29-23(19)34)27(36)31(26(22)40-25(16)32-11-5-10-30-32)15-21(39-13-12-37-2)18-14-17(28)7-8-20(18)38-3/h5,7-8,10-11,14,19,21H,4,6,9,12-13,15H2,1-3H3,(H,29,34)/t19-,21+/m1/s1. The molecule has 0 aliphatic carbocycles. The normalized spacial score (nSPS) is 16.3. The number of rotatable bonds is 10. The van der Waals surface area contributed by atoms with Gasteiger partial charge in [-0.05, 0) is 44.0 Å². The summed E-state index contributed by atoms with van der Waals surface area (Å²) >= 11 is 1.24. The van der Waals surface area contributed by atoms with Crippen molar-refractivity contribution in [1.29, 1.82) is 0 Å².